The number of carboxylic acids is 2. The molecule has 1 unspecified atom stereocenters. The third-order valence-electron chi connectivity index (χ3n) is 6.22. The number of nitrogens with one attached hydrogen (secondary N) is 2. The highest BCUT2D eigenvalue weighted by molar-refractivity contribution is 6.14. The summed E-state index contributed by atoms with van der Waals surface area (Å²) < 4.78 is 15.6. The number of hydrogen-bond donors (Lipinski definition) is 4. The molecule has 1 saturated heterocycles. The van der Waals surface area contributed by atoms with Crippen LogP contribution in [0.25, 0.3) is 0 Å². The number of nitrogens with zero attached hydrogens (tertiary/aromatic N) is 3. The SMILES string of the molecule is Cc1nn(C)c(NC(=O)CNCCCN2CCCCC2C)c1C(=O)c1ccccc1F.O=C(O)C=CC(=O)O. The van der Waals surface area contributed by atoms with E-state index in [2.05, 4.69) is 27.6 Å². The second kappa shape index (κ2) is 15.5. The molecule has 2 aromatic rings. The molecule has 0 radical (unpaired) electrons. The van der Waals surface area contributed by atoms with E-state index < -0.39 is 23.5 Å². The van der Waals surface area contributed by atoms with Gasteiger partial charge in [-0.1, -0.05) is 18.6 Å². The summed E-state index contributed by atoms with van der Waals surface area (Å²) >= 11 is 0. The lowest BCUT2D eigenvalue weighted by Crippen LogP contribution is -2.39. The highest BCUT2D eigenvalue weighted by atomic mass is 19.1. The van der Waals surface area contributed by atoms with Gasteiger partial charge in [-0.2, -0.15) is 5.10 Å². The van der Waals surface area contributed by atoms with Crippen molar-refractivity contribution in [2.75, 3.05) is 31.5 Å². The molecule has 4 N–H and O–H groups in total. The maximum Gasteiger partial charge on any atom is 0.328 e. The minimum Gasteiger partial charge on any atom is -0.478 e. The van der Waals surface area contributed by atoms with Gasteiger partial charge in [0.05, 0.1) is 23.4 Å². The molecule has 12 heteroatoms. The molecule has 1 aliphatic heterocycles. The predicted octanol–water partition coefficient (Wildman–Crippen LogP) is 2.60. The van der Waals surface area contributed by atoms with Gasteiger partial charge in [0, 0.05) is 25.2 Å². The molecule has 1 amide bonds. The van der Waals surface area contributed by atoms with E-state index in [9.17, 15) is 23.6 Å². The minimum atomic E-state index is -1.26. The molecule has 1 atom stereocenters. The van der Waals surface area contributed by atoms with Gasteiger partial charge >= 0.3 is 11.9 Å². The smallest absolute Gasteiger partial charge is 0.328 e. The van der Waals surface area contributed by atoms with Crippen molar-refractivity contribution in [1.82, 2.24) is 20.0 Å². The van der Waals surface area contributed by atoms with Crippen molar-refractivity contribution in [3.8, 4) is 0 Å². The molecule has 2 heterocycles. The van der Waals surface area contributed by atoms with Crippen LogP contribution in [0.2, 0.25) is 0 Å². The fraction of sp³-hybridized carbons (Fsp3) is 0.444. The minimum absolute atomic E-state index is 0.0424. The summed E-state index contributed by atoms with van der Waals surface area (Å²) in [5, 5.41) is 25.8. The first-order valence-electron chi connectivity index (χ1n) is 12.7. The summed E-state index contributed by atoms with van der Waals surface area (Å²) in [4.78, 5) is 47.0. The Morgan fingerprint density at radius 1 is 1.13 bits per heavy atom. The van der Waals surface area contributed by atoms with Crippen molar-refractivity contribution < 1.29 is 33.8 Å². The Labute approximate surface area is 226 Å². The van der Waals surface area contributed by atoms with Gasteiger partial charge in [-0.15, -0.1) is 0 Å². The van der Waals surface area contributed by atoms with Gasteiger partial charge in [0.15, 0.2) is 0 Å². The maximum atomic E-state index is 14.1. The Kier molecular flexibility index (Phi) is 12.4. The highest BCUT2D eigenvalue weighted by Crippen LogP contribution is 2.23. The molecule has 11 nitrogen and oxygen atoms in total. The Bertz CT molecular complexity index is 1180. The zero-order chi connectivity index (χ0) is 28.9. The topological polar surface area (TPSA) is 154 Å². The van der Waals surface area contributed by atoms with Crippen molar-refractivity contribution in [2.45, 2.75) is 45.6 Å². The van der Waals surface area contributed by atoms with Gasteiger partial charge in [-0.05, 0) is 64.9 Å². The van der Waals surface area contributed by atoms with Gasteiger partial charge in [-0.3, -0.25) is 14.3 Å². The summed E-state index contributed by atoms with van der Waals surface area (Å²) in [5.74, 6) is -3.60. The summed E-state index contributed by atoms with van der Waals surface area (Å²) in [6.07, 6.45) is 5.92. The number of piperidine rings is 1. The Balaban J connectivity index is 0.000000580. The van der Waals surface area contributed by atoms with Crippen LogP contribution >= 0.6 is 0 Å². The average Bonchev–Trinajstić information content (AvgIpc) is 3.16. The molecular weight excluding hydrogens is 509 g/mol. The monoisotopic (exact) mass is 545 g/mol. The molecule has 1 aromatic heterocycles. The molecular formula is C27H36FN5O6. The van der Waals surface area contributed by atoms with Crippen LogP contribution in [-0.4, -0.2) is 80.7 Å². The first-order chi connectivity index (χ1) is 18.5. The number of aromatic nitrogens is 2. The van der Waals surface area contributed by atoms with Crippen LogP contribution in [0, 0.1) is 12.7 Å². The quantitative estimate of drug-likeness (QED) is 0.190. The molecule has 1 fully saturated rings. The Morgan fingerprint density at radius 2 is 1.79 bits per heavy atom. The van der Waals surface area contributed by atoms with Crippen LogP contribution in [0.4, 0.5) is 10.2 Å². The maximum absolute atomic E-state index is 14.1. The van der Waals surface area contributed by atoms with E-state index in [-0.39, 0.29) is 29.4 Å². The van der Waals surface area contributed by atoms with E-state index in [4.69, 9.17) is 10.2 Å². The first-order valence-corrected chi connectivity index (χ1v) is 12.7. The van der Waals surface area contributed by atoms with Crippen LogP contribution in [0.5, 0.6) is 0 Å². The summed E-state index contributed by atoms with van der Waals surface area (Å²) in [7, 11) is 1.65. The number of halogens is 1. The third kappa shape index (κ3) is 10.1. The second-order valence-corrected chi connectivity index (χ2v) is 9.21. The summed E-state index contributed by atoms with van der Waals surface area (Å²) in [6, 6.07) is 6.44. The highest BCUT2D eigenvalue weighted by Gasteiger charge is 2.25. The number of likely N-dealkylation sites (tertiary alicyclic amines) is 1. The first kappa shape index (κ1) is 31.3. The predicted molar refractivity (Wildman–Crippen MR) is 143 cm³/mol. The number of rotatable bonds is 11. The van der Waals surface area contributed by atoms with E-state index >= 15 is 0 Å². The van der Waals surface area contributed by atoms with Crippen LogP contribution in [0.15, 0.2) is 36.4 Å². The van der Waals surface area contributed by atoms with Crippen molar-refractivity contribution in [1.29, 1.82) is 0 Å². The zero-order valence-electron chi connectivity index (χ0n) is 22.4. The van der Waals surface area contributed by atoms with Gasteiger partial charge < -0.3 is 25.7 Å². The number of amides is 1. The lowest BCUT2D eigenvalue weighted by atomic mass is 10.0. The largest absolute Gasteiger partial charge is 0.478 e. The molecule has 212 valence electrons. The average molecular weight is 546 g/mol. The molecule has 39 heavy (non-hydrogen) atoms. The fourth-order valence-corrected chi connectivity index (χ4v) is 4.27. The van der Waals surface area contributed by atoms with Crippen molar-refractivity contribution in [2.24, 2.45) is 7.05 Å². The van der Waals surface area contributed by atoms with E-state index in [0.717, 1.165) is 26.1 Å². The number of carbonyl (C=O) groups excluding carboxylic acids is 2. The van der Waals surface area contributed by atoms with Gasteiger partial charge in [-0.25, -0.2) is 14.0 Å². The summed E-state index contributed by atoms with van der Waals surface area (Å²) in [5.41, 5.74) is 0.605. The van der Waals surface area contributed by atoms with E-state index in [1.165, 1.54) is 42.1 Å². The van der Waals surface area contributed by atoms with Crippen molar-refractivity contribution in [3.05, 3.63) is 59.1 Å². The number of aliphatic carboxylic acids is 2. The van der Waals surface area contributed by atoms with Gasteiger partial charge in [0.1, 0.15) is 11.6 Å². The lowest BCUT2D eigenvalue weighted by Gasteiger charge is -2.33. The van der Waals surface area contributed by atoms with Crippen LogP contribution in [-0.2, 0) is 21.4 Å². The number of benzene rings is 1. The van der Waals surface area contributed by atoms with Gasteiger partial charge in [0.25, 0.3) is 0 Å². The number of aryl methyl sites for hydroxylation is 2. The molecule has 3 rings (SSSR count). The van der Waals surface area contributed by atoms with Crippen LogP contribution in [0.3, 0.4) is 0 Å². The van der Waals surface area contributed by atoms with Crippen molar-refractivity contribution in [3.63, 3.8) is 0 Å². The Hall–Kier alpha value is -3.90. The fourth-order valence-electron chi connectivity index (χ4n) is 4.27. The number of ketones is 1. The normalized spacial score (nSPS) is 15.4. The van der Waals surface area contributed by atoms with Gasteiger partial charge in [0.2, 0.25) is 11.7 Å². The molecule has 1 aliphatic rings. The molecule has 0 aliphatic carbocycles. The third-order valence-corrected chi connectivity index (χ3v) is 6.22. The van der Waals surface area contributed by atoms with E-state index in [0.29, 0.717) is 23.9 Å². The number of anilines is 1. The summed E-state index contributed by atoms with van der Waals surface area (Å²) in [6.45, 7) is 6.99. The number of carbonyl (C=O) groups is 4. The Morgan fingerprint density at radius 3 is 2.41 bits per heavy atom. The number of hydrogen-bond acceptors (Lipinski definition) is 7. The second-order valence-electron chi connectivity index (χ2n) is 9.21. The molecule has 0 spiro atoms. The van der Waals surface area contributed by atoms with Crippen molar-refractivity contribution >= 4 is 29.4 Å². The van der Waals surface area contributed by atoms with Crippen LogP contribution in [0.1, 0.15) is 54.2 Å². The lowest BCUT2D eigenvalue weighted by molar-refractivity contribution is -0.134. The zero-order valence-corrected chi connectivity index (χ0v) is 22.4. The van der Waals surface area contributed by atoms with E-state index in [1.54, 1.807) is 20.0 Å². The molecule has 1 aromatic carbocycles. The molecule has 0 saturated carbocycles. The van der Waals surface area contributed by atoms with E-state index in [1.807, 2.05) is 0 Å². The standard InChI is InChI=1S/C23H32FN5O2.C4H4O4/c1-16-9-6-7-13-29(16)14-8-12-25-15-20(30)26-23-21(17(2)27-28(23)3)22(31)18-10-4-5-11-19(18)24;5-3(6)1-2-4(7)8/h4-5,10-11,16,25H,6-9,12-15H2,1-3H3,(H,26,30);1-2H,(H,5,6)(H,7,8). The van der Waals surface area contributed by atoms with Crippen LogP contribution < -0.4 is 10.6 Å². The molecule has 0 bridgehead atoms. The number of carboxylic acid groups (broad SMARTS) is 2.